The highest BCUT2D eigenvalue weighted by atomic mass is 32.1. The minimum atomic E-state index is -0.363. The van der Waals surface area contributed by atoms with Gasteiger partial charge >= 0.3 is 5.97 Å². The largest absolute Gasteiger partial charge is 0.423 e. The minimum Gasteiger partial charge on any atom is -0.423 e. The first kappa shape index (κ1) is 18.4. The maximum Gasteiger partial charge on any atom is 0.344 e. The van der Waals surface area contributed by atoms with Crippen molar-refractivity contribution < 1.29 is 9.53 Å². The average molecular weight is 388 g/mol. The number of carbonyl (C=O) groups excluding carboxylic acids is 1. The Morgan fingerprint density at radius 2 is 1.75 bits per heavy atom. The maximum absolute atomic E-state index is 13.1. The number of fused-ring (bicyclic) bond motifs is 1. The summed E-state index contributed by atoms with van der Waals surface area (Å²) < 4.78 is 5.73. The van der Waals surface area contributed by atoms with Crippen LogP contribution in [0.3, 0.4) is 0 Å². The number of esters is 1. The van der Waals surface area contributed by atoms with E-state index in [2.05, 4.69) is 6.07 Å². The zero-order chi connectivity index (χ0) is 19.8. The van der Waals surface area contributed by atoms with Gasteiger partial charge in [0.15, 0.2) is 0 Å². The van der Waals surface area contributed by atoms with Crippen molar-refractivity contribution in [3.63, 3.8) is 0 Å². The van der Waals surface area contributed by atoms with E-state index in [1.165, 1.54) is 5.56 Å². The van der Waals surface area contributed by atoms with Crippen LogP contribution in [0.4, 0.5) is 0 Å². The molecule has 2 heterocycles. The summed E-state index contributed by atoms with van der Waals surface area (Å²) >= 11 is 1.61. The number of thiophene rings is 1. The lowest BCUT2D eigenvalue weighted by Gasteiger charge is -2.12. The SMILES string of the molecule is Cc1cc(C)c2nc(-c3cccs3)cc(C(=O)Oc3ccc(C)c(C)c3)c2c1. The first-order valence-electron chi connectivity index (χ1n) is 9.17. The number of benzene rings is 2. The normalized spacial score (nSPS) is 11.0. The molecule has 140 valence electrons. The molecule has 4 heteroatoms. The van der Waals surface area contributed by atoms with Gasteiger partial charge in [-0.3, -0.25) is 0 Å². The number of pyridine rings is 1. The summed E-state index contributed by atoms with van der Waals surface area (Å²) in [6.45, 7) is 8.10. The summed E-state index contributed by atoms with van der Waals surface area (Å²) in [7, 11) is 0. The molecule has 2 aromatic heterocycles. The van der Waals surface area contributed by atoms with Gasteiger partial charge in [-0.1, -0.05) is 23.8 Å². The fourth-order valence-corrected chi connectivity index (χ4v) is 4.03. The summed E-state index contributed by atoms with van der Waals surface area (Å²) in [4.78, 5) is 19.0. The lowest BCUT2D eigenvalue weighted by atomic mass is 10.0. The van der Waals surface area contributed by atoms with E-state index >= 15 is 0 Å². The number of hydrogen-bond acceptors (Lipinski definition) is 4. The molecule has 0 N–H and O–H groups in total. The fraction of sp³-hybridized carbons (Fsp3) is 0.167. The van der Waals surface area contributed by atoms with Crippen LogP contribution in [0.2, 0.25) is 0 Å². The zero-order valence-electron chi connectivity index (χ0n) is 16.4. The van der Waals surface area contributed by atoms with E-state index < -0.39 is 0 Å². The summed E-state index contributed by atoms with van der Waals surface area (Å²) in [5.41, 5.74) is 6.57. The molecule has 3 nitrogen and oxygen atoms in total. The van der Waals surface area contributed by atoms with Crippen molar-refractivity contribution in [1.29, 1.82) is 0 Å². The van der Waals surface area contributed by atoms with Gasteiger partial charge in [-0.05, 0) is 80.1 Å². The quantitative estimate of drug-likeness (QED) is 0.301. The summed E-state index contributed by atoms with van der Waals surface area (Å²) in [5.74, 6) is 0.193. The molecule has 4 rings (SSSR count). The molecule has 2 aromatic carbocycles. The van der Waals surface area contributed by atoms with Crippen molar-refractivity contribution in [1.82, 2.24) is 4.98 Å². The Hall–Kier alpha value is -2.98. The van der Waals surface area contributed by atoms with Gasteiger partial charge in [-0.15, -0.1) is 11.3 Å². The number of rotatable bonds is 3. The average Bonchev–Trinajstić information content (AvgIpc) is 3.19. The summed E-state index contributed by atoms with van der Waals surface area (Å²) in [6.07, 6.45) is 0. The molecular weight excluding hydrogens is 366 g/mol. The van der Waals surface area contributed by atoms with Crippen LogP contribution in [0.15, 0.2) is 53.9 Å². The van der Waals surface area contributed by atoms with Crippen molar-refractivity contribution in [2.75, 3.05) is 0 Å². The smallest absolute Gasteiger partial charge is 0.344 e. The summed E-state index contributed by atoms with van der Waals surface area (Å²) in [6, 6.07) is 15.6. The molecule has 0 bridgehead atoms. The molecule has 0 saturated carbocycles. The molecule has 0 fully saturated rings. The van der Waals surface area contributed by atoms with E-state index in [9.17, 15) is 4.79 Å². The second-order valence-electron chi connectivity index (χ2n) is 7.15. The first-order valence-corrected chi connectivity index (χ1v) is 10.1. The number of aryl methyl sites for hydroxylation is 4. The topological polar surface area (TPSA) is 39.2 Å². The van der Waals surface area contributed by atoms with Gasteiger partial charge in [-0.25, -0.2) is 9.78 Å². The van der Waals surface area contributed by atoms with E-state index in [0.29, 0.717) is 11.3 Å². The number of aromatic nitrogens is 1. The Morgan fingerprint density at radius 1 is 0.929 bits per heavy atom. The Labute approximate surface area is 168 Å². The molecule has 0 aliphatic rings. The van der Waals surface area contributed by atoms with Crippen molar-refractivity contribution in [2.24, 2.45) is 0 Å². The molecule has 0 atom stereocenters. The number of carbonyl (C=O) groups is 1. The lowest BCUT2D eigenvalue weighted by Crippen LogP contribution is -2.10. The van der Waals surface area contributed by atoms with Crippen molar-refractivity contribution in [2.45, 2.75) is 27.7 Å². The molecule has 0 radical (unpaired) electrons. The van der Waals surface area contributed by atoms with Crippen LogP contribution in [0.25, 0.3) is 21.5 Å². The fourth-order valence-electron chi connectivity index (χ4n) is 3.34. The van der Waals surface area contributed by atoms with Crippen LogP contribution in [0.5, 0.6) is 5.75 Å². The molecule has 0 aliphatic carbocycles. The predicted molar refractivity (Wildman–Crippen MR) is 115 cm³/mol. The molecule has 28 heavy (non-hydrogen) atoms. The molecule has 0 saturated heterocycles. The first-order chi connectivity index (χ1) is 13.4. The Bertz CT molecular complexity index is 1190. The van der Waals surface area contributed by atoms with Crippen LogP contribution in [-0.4, -0.2) is 11.0 Å². The Morgan fingerprint density at radius 3 is 2.46 bits per heavy atom. The third kappa shape index (κ3) is 3.43. The van der Waals surface area contributed by atoms with E-state index in [4.69, 9.17) is 9.72 Å². The van der Waals surface area contributed by atoms with Crippen LogP contribution in [0.1, 0.15) is 32.6 Å². The van der Waals surface area contributed by atoms with Crippen LogP contribution in [-0.2, 0) is 0 Å². The van der Waals surface area contributed by atoms with Crippen LogP contribution >= 0.6 is 11.3 Å². The van der Waals surface area contributed by atoms with Gasteiger partial charge in [0.1, 0.15) is 5.75 Å². The zero-order valence-corrected chi connectivity index (χ0v) is 17.2. The van der Waals surface area contributed by atoms with Gasteiger partial charge in [0.05, 0.1) is 21.7 Å². The van der Waals surface area contributed by atoms with Gasteiger partial charge in [0.2, 0.25) is 0 Å². The highest BCUT2D eigenvalue weighted by molar-refractivity contribution is 7.13. The molecular formula is C24H21NO2S. The standard InChI is InChI=1S/C24H21NO2S/c1-14-10-17(4)23-19(11-14)20(13-21(25-23)22-6-5-9-28-22)24(26)27-18-8-7-15(2)16(3)12-18/h5-13H,1-4H3. The number of nitrogens with zero attached hydrogens (tertiary/aromatic N) is 1. The second-order valence-corrected chi connectivity index (χ2v) is 8.09. The van der Waals surface area contributed by atoms with Crippen molar-refractivity contribution in [3.8, 4) is 16.3 Å². The van der Waals surface area contributed by atoms with Gasteiger partial charge in [0.25, 0.3) is 0 Å². The number of ether oxygens (including phenoxy) is 1. The van der Waals surface area contributed by atoms with Crippen molar-refractivity contribution >= 4 is 28.2 Å². The predicted octanol–water partition coefficient (Wildman–Crippen LogP) is 6.42. The van der Waals surface area contributed by atoms with E-state index in [1.807, 2.05) is 75.5 Å². The summed E-state index contributed by atoms with van der Waals surface area (Å²) in [5, 5.41) is 2.84. The van der Waals surface area contributed by atoms with Crippen LogP contribution in [0, 0.1) is 27.7 Å². The van der Waals surface area contributed by atoms with E-state index in [-0.39, 0.29) is 5.97 Å². The molecule has 4 aromatic rings. The molecule has 0 spiro atoms. The maximum atomic E-state index is 13.1. The molecule has 0 aliphatic heterocycles. The van der Waals surface area contributed by atoms with Gasteiger partial charge in [-0.2, -0.15) is 0 Å². The van der Waals surface area contributed by atoms with Gasteiger partial charge < -0.3 is 4.74 Å². The number of hydrogen-bond donors (Lipinski definition) is 0. The Balaban J connectivity index is 1.86. The highest BCUT2D eigenvalue weighted by Gasteiger charge is 2.18. The molecule has 0 unspecified atom stereocenters. The van der Waals surface area contributed by atoms with Crippen LogP contribution < -0.4 is 4.74 Å². The third-order valence-electron chi connectivity index (χ3n) is 4.93. The van der Waals surface area contributed by atoms with Gasteiger partial charge in [0, 0.05) is 5.39 Å². The lowest BCUT2D eigenvalue weighted by molar-refractivity contribution is 0.0736. The minimum absolute atomic E-state index is 0.363. The van der Waals surface area contributed by atoms with E-state index in [0.717, 1.165) is 38.2 Å². The van der Waals surface area contributed by atoms with Crippen molar-refractivity contribution in [3.05, 3.63) is 81.7 Å². The monoisotopic (exact) mass is 387 g/mol. The second kappa shape index (κ2) is 7.21. The van der Waals surface area contributed by atoms with E-state index in [1.54, 1.807) is 11.3 Å². The highest BCUT2D eigenvalue weighted by Crippen LogP contribution is 2.31. The Kier molecular flexibility index (Phi) is 4.73. The third-order valence-corrected chi connectivity index (χ3v) is 5.82. The molecule has 0 amide bonds.